The van der Waals surface area contributed by atoms with E-state index < -0.39 is 12.2 Å². The molecule has 1 aromatic heterocycles. The Labute approximate surface area is 66.7 Å². The molecule has 1 unspecified atom stereocenters. The van der Waals surface area contributed by atoms with Gasteiger partial charge in [-0.25, -0.2) is 0 Å². The number of nitrogens with two attached hydrogens (primary N) is 1. The first-order valence-electron chi connectivity index (χ1n) is 3.16. The summed E-state index contributed by atoms with van der Waals surface area (Å²) in [5.41, 5.74) is 4.97. The molecule has 5 N–H and O–H groups in total. The highest BCUT2D eigenvalue weighted by atomic mass is 16.6. The number of hydrogen-bond acceptors (Lipinski definition) is 6. The topological polar surface area (TPSA) is 113 Å². The molecule has 1 aliphatic rings. The van der Waals surface area contributed by atoms with Crippen LogP contribution >= 0.6 is 0 Å². The van der Waals surface area contributed by atoms with Crippen LogP contribution in [0.25, 0.3) is 0 Å². The van der Waals surface area contributed by atoms with Crippen LogP contribution in [0.2, 0.25) is 0 Å². The van der Waals surface area contributed by atoms with Gasteiger partial charge in [0.05, 0.1) is 0 Å². The molecule has 0 saturated carbocycles. The first kappa shape index (κ1) is 6.99. The number of fused-ring (bicyclic) bond motifs is 1. The summed E-state index contributed by atoms with van der Waals surface area (Å²) >= 11 is 0. The SMILES string of the molecule is N=C1c2oc(O)c(N)c2OC1O. The minimum Gasteiger partial charge on any atom is -0.479 e. The van der Waals surface area contributed by atoms with E-state index in [-0.39, 0.29) is 22.9 Å². The van der Waals surface area contributed by atoms with E-state index >= 15 is 0 Å². The van der Waals surface area contributed by atoms with E-state index in [1.54, 1.807) is 0 Å². The molecule has 1 atom stereocenters. The summed E-state index contributed by atoms with van der Waals surface area (Å²) in [4.78, 5) is 0. The van der Waals surface area contributed by atoms with Crippen LogP contribution in [-0.2, 0) is 0 Å². The lowest BCUT2D eigenvalue weighted by atomic mass is 10.3. The quantitative estimate of drug-likeness (QED) is 0.425. The zero-order chi connectivity index (χ0) is 8.88. The number of rotatable bonds is 0. The molecule has 6 nitrogen and oxygen atoms in total. The van der Waals surface area contributed by atoms with E-state index in [2.05, 4.69) is 4.42 Å². The van der Waals surface area contributed by atoms with E-state index in [1.165, 1.54) is 0 Å². The molecule has 64 valence electrons. The van der Waals surface area contributed by atoms with E-state index in [9.17, 15) is 0 Å². The van der Waals surface area contributed by atoms with E-state index in [1.807, 2.05) is 0 Å². The lowest BCUT2D eigenvalue weighted by Crippen LogP contribution is -2.19. The monoisotopic (exact) mass is 170 g/mol. The van der Waals surface area contributed by atoms with Gasteiger partial charge in [0.15, 0.2) is 11.4 Å². The van der Waals surface area contributed by atoms with Crippen molar-refractivity contribution in [1.82, 2.24) is 0 Å². The first-order valence-corrected chi connectivity index (χ1v) is 3.16. The number of aliphatic hydroxyl groups is 1. The second kappa shape index (κ2) is 1.92. The summed E-state index contributed by atoms with van der Waals surface area (Å²) in [6.07, 6.45) is -1.35. The summed E-state index contributed by atoms with van der Waals surface area (Å²) in [6, 6.07) is 0. The number of aromatic hydroxyl groups is 1. The van der Waals surface area contributed by atoms with Crippen LogP contribution in [-0.4, -0.2) is 22.2 Å². The van der Waals surface area contributed by atoms with E-state index in [4.69, 9.17) is 26.1 Å². The molecule has 2 rings (SSSR count). The standard InChI is InChI=1S/C6H6N2O4/c7-1-3-4(12-5(1)9)2(8)6(10)11-3/h5,7,9-10H,8H2. The van der Waals surface area contributed by atoms with Crippen LogP contribution in [0.1, 0.15) is 5.76 Å². The van der Waals surface area contributed by atoms with Gasteiger partial charge in [-0.15, -0.1) is 0 Å². The van der Waals surface area contributed by atoms with Crippen LogP contribution in [0.4, 0.5) is 5.69 Å². The average Bonchev–Trinajstić information content (AvgIpc) is 2.43. The van der Waals surface area contributed by atoms with E-state index in [0.29, 0.717) is 0 Å². The van der Waals surface area contributed by atoms with Crippen molar-refractivity contribution in [3.63, 3.8) is 0 Å². The summed E-state index contributed by atoms with van der Waals surface area (Å²) in [5, 5.41) is 25.1. The van der Waals surface area contributed by atoms with Crippen molar-refractivity contribution in [2.45, 2.75) is 6.29 Å². The predicted molar refractivity (Wildman–Crippen MR) is 38.2 cm³/mol. The lowest BCUT2D eigenvalue weighted by Gasteiger charge is -2.01. The lowest BCUT2D eigenvalue weighted by molar-refractivity contribution is 0.0517. The molecule has 2 heterocycles. The molecule has 0 radical (unpaired) electrons. The number of furan rings is 1. The predicted octanol–water partition coefficient (Wildman–Crippen LogP) is -0.354. The van der Waals surface area contributed by atoms with Gasteiger partial charge in [-0.3, -0.25) is 5.41 Å². The van der Waals surface area contributed by atoms with Crippen molar-refractivity contribution in [1.29, 1.82) is 5.41 Å². The van der Waals surface area contributed by atoms with Crippen LogP contribution in [0, 0.1) is 5.41 Å². The molecular formula is C6H6N2O4. The molecule has 6 heteroatoms. The van der Waals surface area contributed by atoms with Crippen LogP contribution < -0.4 is 10.5 Å². The van der Waals surface area contributed by atoms with Gasteiger partial charge in [0.1, 0.15) is 5.71 Å². The third-order valence-corrected chi connectivity index (χ3v) is 1.60. The van der Waals surface area contributed by atoms with Crippen molar-refractivity contribution in [2.75, 3.05) is 5.73 Å². The Bertz CT molecular complexity index is 357. The number of aliphatic hydroxyl groups excluding tert-OH is 1. The van der Waals surface area contributed by atoms with Gasteiger partial charge in [-0.2, -0.15) is 0 Å². The largest absolute Gasteiger partial charge is 0.479 e. The Hall–Kier alpha value is -1.69. The second-order valence-electron chi connectivity index (χ2n) is 2.36. The second-order valence-corrected chi connectivity index (χ2v) is 2.36. The highest BCUT2D eigenvalue weighted by Crippen LogP contribution is 2.42. The summed E-state index contributed by atoms with van der Waals surface area (Å²) in [5.74, 6) is -0.473. The highest BCUT2D eigenvalue weighted by molar-refractivity contribution is 6.05. The third kappa shape index (κ3) is 0.641. The maximum absolute atomic E-state index is 8.98. The maximum atomic E-state index is 8.98. The zero-order valence-corrected chi connectivity index (χ0v) is 5.87. The molecule has 0 aliphatic carbocycles. The van der Waals surface area contributed by atoms with Gasteiger partial charge >= 0.3 is 5.95 Å². The number of hydrogen-bond donors (Lipinski definition) is 4. The van der Waals surface area contributed by atoms with Gasteiger partial charge in [0, 0.05) is 0 Å². The molecule has 0 fully saturated rings. The minimum absolute atomic E-state index is 0.0162. The molecule has 0 saturated heterocycles. The Morgan fingerprint density at radius 3 is 2.75 bits per heavy atom. The smallest absolute Gasteiger partial charge is 0.310 e. The van der Waals surface area contributed by atoms with E-state index in [0.717, 1.165) is 0 Å². The van der Waals surface area contributed by atoms with Gasteiger partial charge in [0.2, 0.25) is 12.1 Å². The number of nitrogens with one attached hydrogen (secondary N) is 1. The number of anilines is 1. The van der Waals surface area contributed by atoms with Gasteiger partial charge < -0.3 is 25.1 Å². The molecule has 0 aromatic carbocycles. The number of ether oxygens (including phenoxy) is 1. The summed E-state index contributed by atoms with van der Waals surface area (Å²) < 4.78 is 9.38. The van der Waals surface area contributed by atoms with Crippen molar-refractivity contribution in [3.05, 3.63) is 5.76 Å². The molecule has 0 spiro atoms. The normalized spacial score (nSPS) is 20.8. The highest BCUT2D eigenvalue weighted by Gasteiger charge is 2.35. The Morgan fingerprint density at radius 1 is 1.50 bits per heavy atom. The molecule has 1 aliphatic heterocycles. The molecule has 12 heavy (non-hydrogen) atoms. The third-order valence-electron chi connectivity index (χ3n) is 1.60. The van der Waals surface area contributed by atoms with Gasteiger partial charge in [-0.05, 0) is 0 Å². The molecular weight excluding hydrogens is 164 g/mol. The van der Waals surface area contributed by atoms with Crippen molar-refractivity contribution >= 4 is 11.4 Å². The first-order chi connectivity index (χ1) is 5.61. The molecule has 0 amide bonds. The van der Waals surface area contributed by atoms with Crippen molar-refractivity contribution in [3.8, 4) is 11.7 Å². The fourth-order valence-electron chi connectivity index (χ4n) is 0.994. The maximum Gasteiger partial charge on any atom is 0.310 e. The average molecular weight is 170 g/mol. The van der Waals surface area contributed by atoms with Crippen LogP contribution in [0.5, 0.6) is 11.7 Å². The summed E-state index contributed by atoms with van der Waals surface area (Å²) in [6.45, 7) is 0. The minimum atomic E-state index is -1.35. The summed E-state index contributed by atoms with van der Waals surface area (Å²) in [7, 11) is 0. The Balaban J connectivity index is 2.59. The fraction of sp³-hybridized carbons (Fsp3) is 0.167. The fourth-order valence-corrected chi connectivity index (χ4v) is 0.994. The van der Waals surface area contributed by atoms with Crippen molar-refractivity contribution < 1.29 is 19.4 Å². The van der Waals surface area contributed by atoms with Gasteiger partial charge in [-0.1, -0.05) is 0 Å². The van der Waals surface area contributed by atoms with Crippen LogP contribution in [0.3, 0.4) is 0 Å². The zero-order valence-electron chi connectivity index (χ0n) is 5.87. The van der Waals surface area contributed by atoms with Crippen molar-refractivity contribution in [2.24, 2.45) is 0 Å². The molecule has 1 aromatic rings. The van der Waals surface area contributed by atoms with Gasteiger partial charge in [0.25, 0.3) is 0 Å². The molecule has 0 bridgehead atoms. The Kier molecular flexibility index (Phi) is 1.12. The number of nitrogen functional groups attached to an aromatic ring is 1. The Morgan fingerprint density at radius 2 is 2.17 bits per heavy atom. The van der Waals surface area contributed by atoms with Crippen LogP contribution in [0.15, 0.2) is 4.42 Å².